The lowest BCUT2D eigenvalue weighted by Gasteiger charge is -2.37. The van der Waals surface area contributed by atoms with Crippen LogP contribution in [0.25, 0.3) is 0 Å². The molecule has 0 heterocycles. The van der Waals surface area contributed by atoms with Crippen molar-refractivity contribution in [1.29, 1.82) is 0 Å². The molecular weight excluding hydrogens is 182 g/mol. The van der Waals surface area contributed by atoms with E-state index in [9.17, 15) is 0 Å². The third kappa shape index (κ3) is 2.08. The van der Waals surface area contributed by atoms with E-state index in [0.29, 0.717) is 0 Å². The van der Waals surface area contributed by atoms with Crippen molar-refractivity contribution in [3.05, 3.63) is 0 Å². The summed E-state index contributed by atoms with van der Waals surface area (Å²) in [6.45, 7) is 2.37. The van der Waals surface area contributed by atoms with Gasteiger partial charge in [0, 0.05) is 12.1 Å². The maximum absolute atomic E-state index is 3.85. The van der Waals surface area contributed by atoms with Crippen LogP contribution >= 0.6 is 0 Å². The first-order valence-electron chi connectivity index (χ1n) is 7.04. The lowest BCUT2D eigenvalue weighted by Crippen LogP contribution is -2.38. The van der Waals surface area contributed by atoms with Gasteiger partial charge in [-0.25, -0.2) is 0 Å². The van der Waals surface area contributed by atoms with E-state index in [2.05, 4.69) is 12.2 Å². The molecule has 0 aliphatic heterocycles. The van der Waals surface area contributed by atoms with Crippen molar-refractivity contribution in [2.75, 3.05) is 0 Å². The molecule has 1 N–H and O–H groups in total. The van der Waals surface area contributed by atoms with Crippen LogP contribution in [0.2, 0.25) is 0 Å². The average Bonchev–Trinajstić information content (AvgIpc) is 2.77. The summed E-state index contributed by atoms with van der Waals surface area (Å²) in [5.41, 5.74) is 0.813. The lowest BCUT2D eigenvalue weighted by atomic mass is 9.71. The third-order valence-electron chi connectivity index (χ3n) is 5.27. The zero-order valence-corrected chi connectivity index (χ0v) is 10.1. The molecule has 1 nitrogen and oxygen atoms in total. The van der Waals surface area contributed by atoms with E-state index in [-0.39, 0.29) is 0 Å². The molecule has 0 radical (unpaired) electrons. The van der Waals surface area contributed by atoms with Crippen molar-refractivity contribution in [2.45, 2.75) is 76.8 Å². The van der Waals surface area contributed by atoms with Crippen molar-refractivity contribution in [3.63, 3.8) is 0 Å². The molecule has 1 heteroatoms. The zero-order valence-electron chi connectivity index (χ0n) is 10.1. The Morgan fingerprint density at radius 2 is 1.60 bits per heavy atom. The van der Waals surface area contributed by atoms with Crippen LogP contribution in [0.3, 0.4) is 0 Å². The van der Waals surface area contributed by atoms with Gasteiger partial charge in [-0.2, -0.15) is 0 Å². The Morgan fingerprint density at radius 3 is 2.13 bits per heavy atom. The summed E-state index contributed by atoms with van der Waals surface area (Å²) in [6.07, 6.45) is 13.5. The van der Waals surface area contributed by atoms with Gasteiger partial charge >= 0.3 is 0 Å². The predicted octanol–water partition coefficient (Wildman–Crippen LogP) is 3.49. The molecule has 15 heavy (non-hydrogen) atoms. The summed E-state index contributed by atoms with van der Waals surface area (Å²) in [4.78, 5) is 0. The molecule has 2 atom stereocenters. The fourth-order valence-electron chi connectivity index (χ4n) is 3.88. The first kappa shape index (κ1) is 10.1. The Balaban J connectivity index is 1.47. The molecule has 0 bridgehead atoms. The maximum Gasteiger partial charge on any atom is 0.00989 e. The van der Waals surface area contributed by atoms with Crippen LogP contribution < -0.4 is 5.32 Å². The monoisotopic (exact) mass is 207 g/mol. The SMILES string of the molecule is CC1CC1NC1CCC2(CCCC2)CC1. The van der Waals surface area contributed by atoms with E-state index in [1.54, 1.807) is 12.8 Å². The van der Waals surface area contributed by atoms with Crippen LogP contribution in [0, 0.1) is 11.3 Å². The quantitative estimate of drug-likeness (QED) is 0.731. The van der Waals surface area contributed by atoms with E-state index in [1.165, 1.54) is 44.9 Å². The molecule has 0 amide bonds. The smallest absolute Gasteiger partial charge is 0.00989 e. The minimum atomic E-state index is 0.813. The highest BCUT2D eigenvalue weighted by Gasteiger charge is 2.40. The first-order valence-corrected chi connectivity index (χ1v) is 7.04. The minimum absolute atomic E-state index is 0.813. The Kier molecular flexibility index (Phi) is 2.54. The summed E-state index contributed by atoms with van der Waals surface area (Å²) in [5.74, 6) is 0.965. The zero-order chi connectivity index (χ0) is 10.3. The van der Waals surface area contributed by atoms with Gasteiger partial charge in [-0.15, -0.1) is 0 Å². The lowest BCUT2D eigenvalue weighted by molar-refractivity contribution is 0.167. The van der Waals surface area contributed by atoms with Crippen LogP contribution in [0.5, 0.6) is 0 Å². The molecule has 3 fully saturated rings. The highest BCUT2D eigenvalue weighted by molar-refractivity contribution is 4.96. The van der Waals surface area contributed by atoms with Crippen molar-refractivity contribution in [2.24, 2.45) is 11.3 Å². The summed E-state index contributed by atoms with van der Waals surface area (Å²) in [5, 5.41) is 3.85. The third-order valence-corrected chi connectivity index (χ3v) is 5.27. The van der Waals surface area contributed by atoms with Gasteiger partial charge in [-0.05, 0) is 56.3 Å². The molecule has 0 aromatic carbocycles. The first-order chi connectivity index (χ1) is 7.27. The van der Waals surface area contributed by atoms with E-state index in [1.807, 2.05) is 0 Å². The number of rotatable bonds is 2. The van der Waals surface area contributed by atoms with Gasteiger partial charge in [0.15, 0.2) is 0 Å². The fourth-order valence-corrected chi connectivity index (χ4v) is 3.88. The molecule has 1 spiro atoms. The van der Waals surface area contributed by atoms with E-state index < -0.39 is 0 Å². The van der Waals surface area contributed by atoms with Gasteiger partial charge in [-0.1, -0.05) is 19.8 Å². The topological polar surface area (TPSA) is 12.0 Å². The Morgan fingerprint density at radius 1 is 1.00 bits per heavy atom. The Bertz CT molecular complexity index is 219. The van der Waals surface area contributed by atoms with Crippen molar-refractivity contribution in [3.8, 4) is 0 Å². The normalized spacial score (nSPS) is 39.8. The molecule has 3 aliphatic carbocycles. The second-order valence-electron chi connectivity index (χ2n) is 6.47. The van der Waals surface area contributed by atoms with Crippen LogP contribution in [-0.2, 0) is 0 Å². The van der Waals surface area contributed by atoms with Gasteiger partial charge in [0.25, 0.3) is 0 Å². The predicted molar refractivity (Wildman–Crippen MR) is 63.9 cm³/mol. The Hall–Kier alpha value is -0.0400. The van der Waals surface area contributed by atoms with E-state index >= 15 is 0 Å². The summed E-state index contributed by atoms with van der Waals surface area (Å²) < 4.78 is 0. The summed E-state index contributed by atoms with van der Waals surface area (Å²) >= 11 is 0. The van der Waals surface area contributed by atoms with Gasteiger partial charge < -0.3 is 5.32 Å². The summed E-state index contributed by atoms with van der Waals surface area (Å²) in [6, 6.07) is 1.75. The fraction of sp³-hybridized carbons (Fsp3) is 1.00. The largest absolute Gasteiger partial charge is 0.311 e. The molecule has 0 saturated heterocycles. The Labute approximate surface area is 94.0 Å². The number of hydrogen-bond donors (Lipinski definition) is 1. The van der Waals surface area contributed by atoms with E-state index in [0.717, 1.165) is 23.4 Å². The number of nitrogens with one attached hydrogen (secondary N) is 1. The molecule has 0 aromatic rings. The average molecular weight is 207 g/mol. The van der Waals surface area contributed by atoms with Gasteiger partial charge in [-0.3, -0.25) is 0 Å². The minimum Gasteiger partial charge on any atom is -0.311 e. The second kappa shape index (κ2) is 3.76. The van der Waals surface area contributed by atoms with Crippen LogP contribution in [-0.4, -0.2) is 12.1 Å². The van der Waals surface area contributed by atoms with Gasteiger partial charge in [0.2, 0.25) is 0 Å². The van der Waals surface area contributed by atoms with Crippen LogP contribution in [0.15, 0.2) is 0 Å². The maximum atomic E-state index is 3.85. The molecule has 3 rings (SSSR count). The van der Waals surface area contributed by atoms with Gasteiger partial charge in [0.1, 0.15) is 0 Å². The van der Waals surface area contributed by atoms with Crippen molar-refractivity contribution in [1.82, 2.24) is 5.32 Å². The van der Waals surface area contributed by atoms with Crippen molar-refractivity contribution < 1.29 is 0 Å². The number of hydrogen-bond acceptors (Lipinski definition) is 1. The molecular formula is C14H25N. The molecule has 3 saturated carbocycles. The van der Waals surface area contributed by atoms with E-state index in [4.69, 9.17) is 0 Å². The van der Waals surface area contributed by atoms with Crippen LogP contribution in [0.1, 0.15) is 64.7 Å². The standard InChI is InChI=1S/C14H25N/c1-11-10-13(11)15-12-4-8-14(9-5-12)6-2-3-7-14/h11-13,15H,2-10H2,1H3. The molecule has 0 aromatic heterocycles. The second-order valence-corrected chi connectivity index (χ2v) is 6.47. The van der Waals surface area contributed by atoms with Crippen LogP contribution in [0.4, 0.5) is 0 Å². The van der Waals surface area contributed by atoms with Crippen molar-refractivity contribution >= 4 is 0 Å². The highest BCUT2D eigenvalue weighted by Crippen LogP contribution is 2.49. The highest BCUT2D eigenvalue weighted by atomic mass is 15.0. The van der Waals surface area contributed by atoms with Gasteiger partial charge in [0.05, 0.1) is 0 Å². The molecule has 3 aliphatic rings. The molecule has 2 unspecified atom stereocenters. The molecule has 86 valence electrons. The summed E-state index contributed by atoms with van der Waals surface area (Å²) in [7, 11) is 0.